The Bertz CT molecular complexity index is 1940. The number of fused-ring (bicyclic) bond motifs is 5. The van der Waals surface area contributed by atoms with Gasteiger partial charge in [-0.3, -0.25) is 0 Å². The molecule has 8 nitrogen and oxygen atoms in total. The molecular formula is C36H38F4N6O2. The van der Waals surface area contributed by atoms with E-state index in [9.17, 15) is 9.50 Å². The molecule has 4 saturated heterocycles. The zero-order valence-corrected chi connectivity index (χ0v) is 26.8. The third-order valence-corrected chi connectivity index (χ3v) is 11.5. The van der Waals surface area contributed by atoms with Crippen LogP contribution in [-0.2, 0) is 0 Å². The van der Waals surface area contributed by atoms with Crippen LogP contribution < -0.4 is 15.0 Å². The summed E-state index contributed by atoms with van der Waals surface area (Å²) in [5.41, 5.74) is -1.11. The number of piperazine rings is 1. The minimum atomic E-state index is -1.26. The lowest BCUT2D eigenvalue weighted by molar-refractivity contribution is -0.0323. The van der Waals surface area contributed by atoms with Crippen LogP contribution >= 0.6 is 0 Å². The number of ether oxygens (including phenoxy) is 1. The van der Waals surface area contributed by atoms with Crippen molar-refractivity contribution >= 4 is 27.5 Å². The van der Waals surface area contributed by atoms with Gasteiger partial charge < -0.3 is 29.9 Å². The molecular weight excluding hydrogens is 624 g/mol. The molecule has 5 fully saturated rings. The molecule has 9 rings (SSSR count). The van der Waals surface area contributed by atoms with E-state index in [-0.39, 0.29) is 56.5 Å². The normalized spacial score (nSPS) is 26.6. The molecule has 1 aromatic heterocycles. The largest absolute Gasteiger partial charge is 0.508 e. The number of hydrogen-bond acceptors (Lipinski definition) is 8. The Kier molecular flexibility index (Phi) is 7.04. The second-order valence-electron chi connectivity index (χ2n) is 14.8. The molecule has 1 aliphatic carbocycles. The van der Waals surface area contributed by atoms with Gasteiger partial charge in [0.2, 0.25) is 0 Å². The van der Waals surface area contributed by atoms with Crippen molar-refractivity contribution in [3.05, 3.63) is 53.6 Å². The predicted octanol–water partition coefficient (Wildman–Crippen LogP) is 5.45. The van der Waals surface area contributed by atoms with Gasteiger partial charge in [0, 0.05) is 72.6 Å². The number of likely N-dealkylation sites (tertiary alicyclic amines) is 2. The molecule has 4 aromatic rings. The van der Waals surface area contributed by atoms with E-state index in [1.54, 1.807) is 0 Å². The summed E-state index contributed by atoms with van der Waals surface area (Å²) in [5.74, 6) is -3.71. The number of phenolic OH excluding ortho intramolecular Hbond substituents is 1. The van der Waals surface area contributed by atoms with Crippen molar-refractivity contribution in [1.29, 1.82) is 0 Å². The topological polar surface area (TPSA) is 77.0 Å². The van der Waals surface area contributed by atoms with Crippen LogP contribution in [-0.4, -0.2) is 95.9 Å². The van der Waals surface area contributed by atoms with Gasteiger partial charge in [-0.15, -0.1) is 0 Å². The molecule has 48 heavy (non-hydrogen) atoms. The zero-order chi connectivity index (χ0) is 32.9. The summed E-state index contributed by atoms with van der Waals surface area (Å²) in [6, 6.07) is 6.77. The summed E-state index contributed by atoms with van der Waals surface area (Å²) in [6.45, 7) is 5.83. The molecule has 5 aliphatic rings. The van der Waals surface area contributed by atoms with E-state index in [0.29, 0.717) is 37.5 Å². The number of nitrogens with one attached hydrogen (secondary N) is 1. The summed E-state index contributed by atoms with van der Waals surface area (Å²) < 4.78 is 68.8. The van der Waals surface area contributed by atoms with Crippen molar-refractivity contribution in [2.45, 2.75) is 50.2 Å². The Balaban J connectivity index is 1.10. The first kappa shape index (κ1) is 30.3. The van der Waals surface area contributed by atoms with Gasteiger partial charge >= 0.3 is 6.01 Å². The molecule has 12 heteroatoms. The fourth-order valence-corrected chi connectivity index (χ4v) is 8.84. The summed E-state index contributed by atoms with van der Waals surface area (Å²) >= 11 is 0. The first-order valence-corrected chi connectivity index (χ1v) is 17.0. The number of benzene rings is 3. The van der Waals surface area contributed by atoms with Crippen LogP contribution in [0, 0.1) is 34.6 Å². The summed E-state index contributed by atoms with van der Waals surface area (Å²) in [7, 11) is 2.19. The fourth-order valence-electron chi connectivity index (χ4n) is 8.84. The van der Waals surface area contributed by atoms with Gasteiger partial charge in [0.25, 0.3) is 0 Å². The van der Waals surface area contributed by atoms with Crippen molar-refractivity contribution < 1.29 is 27.4 Å². The molecule has 0 radical (unpaired) electrons. The van der Waals surface area contributed by atoms with E-state index in [0.717, 1.165) is 70.1 Å². The lowest BCUT2D eigenvalue weighted by atomic mass is 9.83. The number of rotatable bonds is 7. The average Bonchev–Trinajstić information content (AvgIpc) is 3.74. The Morgan fingerprint density at radius 2 is 1.73 bits per heavy atom. The molecule has 252 valence electrons. The van der Waals surface area contributed by atoms with Crippen LogP contribution in [0.5, 0.6) is 11.8 Å². The van der Waals surface area contributed by atoms with Crippen LogP contribution in [0.3, 0.4) is 0 Å². The second kappa shape index (κ2) is 11.1. The highest BCUT2D eigenvalue weighted by molar-refractivity contribution is 6.02. The maximum absolute atomic E-state index is 16.8. The smallest absolute Gasteiger partial charge is 0.319 e. The SMILES string of the molecule is CN1CC2CN(CC3(COc4nc(N5CC6CCC(C5)N6)c5cc(F)c(-c6cc(O)cc7ccc(F)c(F)c67)c(F)c5n4)CC3)CCC21. The molecule has 4 aliphatic heterocycles. The zero-order valence-electron chi connectivity index (χ0n) is 26.8. The number of aromatic hydroxyl groups is 1. The first-order valence-electron chi connectivity index (χ1n) is 17.0. The van der Waals surface area contributed by atoms with Gasteiger partial charge in [-0.1, -0.05) is 6.07 Å². The third kappa shape index (κ3) is 5.06. The van der Waals surface area contributed by atoms with Crippen LogP contribution in [0.2, 0.25) is 0 Å². The third-order valence-electron chi connectivity index (χ3n) is 11.5. The predicted molar refractivity (Wildman–Crippen MR) is 174 cm³/mol. The van der Waals surface area contributed by atoms with Gasteiger partial charge in [-0.2, -0.15) is 9.97 Å². The van der Waals surface area contributed by atoms with Gasteiger partial charge in [-0.25, -0.2) is 17.6 Å². The monoisotopic (exact) mass is 662 g/mol. The van der Waals surface area contributed by atoms with E-state index in [4.69, 9.17) is 9.72 Å². The van der Waals surface area contributed by atoms with Crippen molar-refractivity contribution in [2.75, 3.05) is 57.8 Å². The molecule has 0 spiro atoms. The number of anilines is 1. The van der Waals surface area contributed by atoms with Crippen molar-refractivity contribution in [3.63, 3.8) is 0 Å². The van der Waals surface area contributed by atoms with Crippen LogP contribution in [0.15, 0.2) is 30.3 Å². The van der Waals surface area contributed by atoms with E-state index < -0.39 is 28.8 Å². The maximum Gasteiger partial charge on any atom is 0.319 e. The fraction of sp³-hybridized carbons (Fsp3) is 0.500. The molecule has 5 heterocycles. The number of aromatic nitrogens is 2. The number of phenols is 1. The Morgan fingerprint density at radius 3 is 2.46 bits per heavy atom. The molecule has 2 bridgehead atoms. The van der Waals surface area contributed by atoms with Crippen LogP contribution in [0.25, 0.3) is 32.8 Å². The second-order valence-corrected chi connectivity index (χ2v) is 14.8. The number of nitrogens with zero attached hydrogens (tertiary/aromatic N) is 5. The van der Waals surface area contributed by atoms with E-state index in [1.165, 1.54) is 18.6 Å². The van der Waals surface area contributed by atoms with E-state index >= 15 is 13.2 Å². The average molecular weight is 663 g/mol. The van der Waals surface area contributed by atoms with Crippen LogP contribution in [0.4, 0.5) is 23.4 Å². The number of hydrogen-bond donors (Lipinski definition) is 2. The van der Waals surface area contributed by atoms with Crippen LogP contribution in [0.1, 0.15) is 32.1 Å². The van der Waals surface area contributed by atoms with Gasteiger partial charge in [0.1, 0.15) is 22.9 Å². The maximum atomic E-state index is 16.8. The molecule has 4 atom stereocenters. The minimum Gasteiger partial charge on any atom is -0.508 e. The lowest BCUT2D eigenvalue weighted by Gasteiger charge is -2.52. The van der Waals surface area contributed by atoms with Crippen molar-refractivity contribution in [2.24, 2.45) is 11.3 Å². The van der Waals surface area contributed by atoms with Gasteiger partial charge in [0.05, 0.1) is 12.2 Å². The Morgan fingerprint density at radius 1 is 0.938 bits per heavy atom. The molecule has 2 N–H and O–H groups in total. The molecule has 3 aromatic carbocycles. The Hall–Kier alpha value is -3.74. The van der Waals surface area contributed by atoms with Gasteiger partial charge in [0.15, 0.2) is 17.5 Å². The standard InChI is InChI=1S/C36H38F4N6O2/c1-44-13-20-14-45(9-6-28(20)44)17-36(7-8-36)18-48-35-42-33-25(34(43-35)46-15-21-3-4-22(16-46)41-21)12-27(38)30(32(33)40)24-11-23(47)10-19-2-5-26(37)31(39)29(19)24/h2,5,10-12,20-22,28,41,47H,3-4,6-9,13-18H2,1H3. The quantitative estimate of drug-likeness (QED) is 0.254. The summed E-state index contributed by atoms with van der Waals surface area (Å²) in [4.78, 5) is 16.3. The van der Waals surface area contributed by atoms with Gasteiger partial charge in [-0.05, 0) is 81.3 Å². The highest BCUT2D eigenvalue weighted by Gasteiger charge is 2.48. The number of halogens is 4. The summed E-state index contributed by atoms with van der Waals surface area (Å²) in [5, 5.41) is 14.0. The number of piperidine rings is 1. The highest BCUT2D eigenvalue weighted by Crippen LogP contribution is 2.48. The lowest BCUT2D eigenvalue weighted by Crippen LogP contribution is -2.62. The summed E-state index contributed by atoms with van der Waals surface area (Å²) in [6.07, 6.45) is 5.23. The van der Waals surface area contributed by atoms with Crippen molar-refractivity contribution in [1.82, 2.24) is 25.1 Å². The van der Waals surface area contributed by atoms with E-state index in [2.05, 4.69) is 27.1 Å². The van der Waals surface area contributed by atoms with Crippen molar-refractivity contribution in [3.8, 4) is 22.9 Å². The Labute approximate surface area is 275 Å². The molecule has 1 saturated carbocycles. The highest BCUT2D eigenvalue weighted by atomic mass is 19.2. The van der Waals surface area contributed by atoms with E-state index in [1.807, 2.05) is 4.90 Å². The molecule has 4 unspecified atom stereocenters. The minimum absolute atomic E-state index is 0.00318. The first-order chi connectivity index (χ1) is 23.1. The molecule has 0 amide bonds.